The molecule has 2 atom stereocenters. The molecule has 0 radical (unpaired) electrons. The molecule has 6 nitrogen and oxygen atoms in total. The number of rotatable bonds is 2. The molecule has 0 aromatic heterocycles. The molecule has 1 aliphatic heterocycles. The second-order valence-corrected chi connectivity index (χ2v) is 7.79. The van der Waals surface area contributed by atoms with E-state index in [-0.39, 0.29) is 17.2 Å². The van der Waals surface area contributed by atoms with E-state index in [1.165, 1.54) is 0 Å². The average Bonchev–Trinajstić information content (AvgIpc) is 2.34. The fraction of sp³-hybridized carbons (Fsp3) is 0.765. The van der Waals surface area contributed by atoms with Crippen LogP contribution < -0.4 is 5.32 Å². The number of carboxylic acids is 2. The summed E-state index contributed by atoms with van der Waals surface area (Å²) in [6.45, 7) is 8.54. The van der Waals surface area contributed by atoms with Crippen molar-refractivity contribution in [2.24, 2.45) is 11.8 Å². The summed E-state index contributed by atoms with van der Waals surface area (Å²) in [5.74, 6) is -3.56. The van der Waals surface area contributed by atoms with Gasteiger partial charge in [0.05, 0.1) is 17.9 Å². The highest BCUT2D eigenvalue weighted by Gasteiger charge is 2.36. The van der Waals surface area contributed by atoms with E-state index in [0.29, 0.717) is 12.8 Å². The first kappa shape index (κ1) is 19.6. The third-order valence-corrected chi connectivity index (χ3v) is 4.24. The molecule has 6 heteroatoms. The van der Waals surface area contributed by atoms with Gasteiger partial charge in [-0.3, -0.25) is 9.59 Å². The third kappa shape index (κ3) is 6.31. The number of hydrogen-bond acceptors (Lipinski definition) is 4. The molecular formula is C17H29NO5. The molecule has 0 saturated carbocycles. The van der Waals surface area contributed by atoms with Crippen LogP contribution >= 0.6 is 0 Å². The van der Waals surface area contributed by atoms with E-state index in [1.54, 1.807) is 12.2 Å². The van der Waals surface area contributed by atoms with Crippen molar-refractivity contribution in [3.05, 3.63) is 12.2 Å². The lowest BCUT2D eigenvalue weighted by molar-refractivity contribution is -0.153. The van der Waals surface area contributed by atoms with Crippen molar-refractivity contribution in [2.45, 2.75) is 70.6 Å². The Bertz CT molecular complexity index is 430. The molecule has 0 aromatic carbocycles. The summed E-state index contributed by atoms with van der Waals surface area (Å²) < 4.78 is 0. The van der Waals surface area contributed by atoms with Gasteiger partial charge in [-0.2, -0.15) is 0 Å². The topological polar surface area (TPSA) is 107 Å². The quantitative estimate of drug-likeness (QED) is 0.578. The minimum absolute atomic E-state index is 0.0845. The number of carboxylic acid groups (broad SMARTS) is 2. The fourth-order valence-electron chi connectivity index (χ4n) is 3.63. The summed E-state index contributed by atoms with van der Waals surface area (Å²) in [5, 5.41) is 30.4. The molecular weight excluding hydrogens is 298 g/mol. The lowest BCUT2D eigenvalue weighted by Crippen LogP contribution is -2.59. The number of aliphatic hydroxyl groups is 1. The lowest BCUT2D eigenvalue weighted by atomic mass is 9.81. The molecule has 0 aromatic rings. The van der Waals surface area contributed by atoms with Gasteiger partial charge < -0.3 is 20.6 Å². The van der Waals surface area contributed by atoms with Gasteiger partial charge in [-0.1, -0.05) is 12.2 Å². The molecule has 2 aliphatic rings. The third-order valence-electron chi connectivity index (χ3n) is 4.24. The minimum Gasteiger partial charge on any atom is -0.481 e. The van der Waals surface area contributed by atoms with E-state index in [9.17, 15) is 14.7 Å². The van der Waals surface area contributed by atoms with Gasteiger partial charge in [-0.15, -0.1) is 0 Å². The zero-order valence-electron chi connectivity index (χ0n) is 14.4. The van der Waals surface area contributed by atoms with Gasteiger partial charge in [0.25, 0.3) is 0 Å². The minimum atomic E-state index is -1.02. The molecule has 1 heterocycles. The summed E-state index contributed by atoms with van der Waals surface area (Å²) in [7, 11) is 0. The van der Waals surface area contributed by atoms with E-state index in [2.05, 4.69) is 33.0 Å². The molecule has 132 valence electrons. The van der Waals surface area contributed by atoms with Crippen LogP contribution in [0.5, 0.6) is 0 Å². The molecule has 1 fully saturated rings. The second kappa shape index (κ2) is 7.45. The molecule has 2 rings (SSSR count). The van der Waals surface area contributed by atoms with Gasteiger partial charge >= 0.3 is 11.9 Å². The van der Waals surface area contributed by atoms with E-state index in [4.69, 9.17) is 10.2 Å². The Hall–Kier alpha value is -1.40. The van der Waals surface area contributed by atoms with Gasteiger partial charge in [0, 0.05) is 11.1 Å². The van der Waals surface area contributed by atoms with E-state index >= 15 is 0 Å². The summed E-state index contributed by atoms with van der Waals surface area (Å²) >= 11 is 0. The summed E-state index contributed by atoms with van der Waals surface area (Å²) in [5.41, 5.74) is 0.169. The van der Waals surface area contributed by atoms with Gasteiger partial charge in [0.15, 0.2) is 0 Å². The average molecular weight is 327 g/mol. The lowest BCUT2D eigenvalue weighted by Gasteiger charge is -2.44. The highest BCUT2D eigenvalue weighted by Crippen LogP contribution is 2.28. The Balaban J connectivity index is 0.000000231. The van der Waals surface area contributed by atoms with Crippen LogP contribution in [0.1, 0.15) is 53.4 Å². The Labute approximate surface area is 137 Å². The van der Waals surface area contributed by atoms with Gasteiger partial charge in [0.2, 0.25) is 0 Å². The van der Waals surface area contributed by atoms with E-state index in [1.807, 2.05) is 0 Å². The maximum Gasteiger partial charge on any atom is 0.307 e. The predicted molar refractivity (Wildman–Crippen MR) is 87.2 cm³/mol. The number of allylic oxidation sites excluding steroid dienone is 2. The molecule has 1 saturated heterocycles. The van der Waals surface area contributed by atoms with E-state index in [0.717, 1.165) is 12.8 Å². The van der Waals surface area contributed by atoms with Gasteiger partial charge in [0.1, 0.15) is 0 Å². The van der Waals surface area contributed by atoms with Gasteiger partial charge in [-0.25, -0.2) is 0 Å². The summed E-state index contributed by atoms with van der Waals surface area (Å²) in [6, 6.07) is 0. The molecule has 23 heavy (non-hydrogen) atoms. The zero-order chi connectivity index (χ0) is 17.8. The zero-order valence-corrected chi connectivity index (χ0v) is 14.4. The van der Waals surface area contributed by atoms with Crippen molar-refractivity contribution in [3.63, 3.8) is 0 Å². The SMILES string of the molecule is CC1(C)CC(O)CC(C)(C)N1.O=C(O)C1CC=CCC1C(=O)O. The standard InChI is InChI=1S/C9H19NO.C8H10O4/c1-8(2)5-7(11)6-9(3,4)10-8;9-7(10)5-3-1-2-4-6(5)8(11)12/h7,10-11H,5-6H2,1-4H3;1-2,5-6H,3-4H2,(H,9,10)(H,11,12). The highest BCUT2D eigenvalue weighted by atomic mass is 16.4. The first-order valence-corrected chi connectivity index (χ1v) is 8.01. The van der Waals surface area contributed by atoms with Crippen molar-refractivity contribution in [2.75, 3.05) is 0 Å². The molecule has 2 unspecified atom stereocenters. The van der Waals surface area contributed by atoms with Gasteiger partial charge in [-0.05, 0) is 53.4 Å². The highest BCUT2D eigenvalue weighted by molar-refractivity contribution is 5.80. The van der Waals surface area contributed by atoms with Crippen molar-refractivity contribution >= 4 is 11.9 Å². The molecule has 0 spiro atoms. The molecule has 0 amide bonds. The van der Waals surface area contributed by atoms with Crippen LogP contribution in [0.15, 0.2) is 12.2 Å². The van der Waals surface area contributed by atoms with Crippen LogP contribution in [0.2, 0.25) is 0 Å². The summed E-state index contributed by atoms with van der Waals surface area (Å²) in [6.07, 6.45) is 5.67. The molecule has 0 bridgehead atoms. The molecule has 4 N–H and O–H groups in total. The van der Waals surface area contributed by atoms with Crippen LogP contribution in [0, 0.1) is 11.8 Å². The van der Waals surface area contributed by atoms with Crippen LogP contribution in [-0.2, 0) is 9.59 Å². The monoisotopic (exact) mass is 327 g/mol. The second-order valence-electron chi connectivity index (χ2n) is 7.79. The number of piperidine rings is 1. The van der Waals surface area contributed by atoms with Crippen LogP contribution in [0.4, 0.5) is 0 Å². The van der Waals surface area contributed by atoms with Crippen molar-refractivity contribution in [1.82, 2.24) is 5.32 Å². The Kier molecular flexibility index (Phi) is 6.36. The Morgan fingerprint density at radius 2 is 1.26 bits per heavy atom. The maximum absolute atomic E-state index is 10.6. The maximum atomic E-state index is 10.6. The number of nitrogens with one attached hydrogen (secondary N) is 1. The van der Waals surface area contributed by atoms with Crippen molar-refractivity contribution in [3.8, 4) is 0 Å². The first-order chi connectivity index (χ1) is 10.4. The summed E-state index contributed by atoms with van der Waals surface area (Å²) in [4.78, 5) is 21.1. The normalized spacial score (nSPS) is 29.3. The smallest absolute Gasteiger partial charge is 0.307 e. The number of aliphatic carboxylic acids is 2. The molecule has 1 aliphatic carbocycles. The number of carbonyl (C=O) groups is 2. The van der Waals surface area contributed by atoms with Crippen molar-refractivity contribution in [1.29, 1.82) is 0 Å². The predicted octanol–water partition coefficient (Wildman–Crippen LogP) is 2.03. The van der Waals surface area contributed by atoms with E-state index < -0.39 is 23.8 Å². The fourth-order valence-corrected chi connectivity index (χ4v) is 3.63. The largest absolute Gasteiger partial charge is 0.481 e. The Morgan fingerprint density at radius 3 is 1.52 bits per heavy atom. The first-order valence-electron chi connectivity index (χ1n) is 8.01. The van der Waals surface area contributed by atoms with Crippen LogP contribution in [0.25, 0.3) is 0 Å². The van der Waals surface area contributed by atoms with Crippen LogP contribution in [-0.4, -0.2) is 44.4 Å². The Morgan fingerprint density at radius 1 is 0.913 bits per heavy atom. The number of aliphatic hydroxyl groups excluding tert-OH is 1. The van der Waals surface area contributed by atoms with Crippen LogP contribution in [0.3, 0.4) is 0 Å². The number of hydrogen-bond donors (Lipinski definition) is 4. The van der Waals surface area contributed by atoms with Crippen molar-refractivity contribution < 1.29 is 24.9 Å².